The first-order valence-electron chi connectivity index (χ1n) is 24.9. The highest BCUT2D eigenvalue weighted by Gasteiger charge is 2.43. The van der Waals surface area contributed by atoms with Crippen molar-refractivity contribution < 1.29 is 43.0 Å². The monoisotopic (exact) mass is 1000 g/mol. The molecule has 3 aromatic carbocycles. The van der Waals surface area contributed by atoms with Gasteiger partial charge in [-0.05, 0) is 53.6 Å². The van der Waals surface area contributed by atoms with Gasteiger partial charge in [-0.2, -0.15) is 0 Å². The molecule has 7 atom stereocenters. The zero-order valence-electron chi connectivity index (χ0n) is 41.8. The minimum Gasteiger partial charge on any atom is -0.496 e. The number of hydrogen-bond acceptors (Lipinski definition) is 12. The summed E-state index contributed by atoms with van der Waals surface area (Å²) in [5, 5.41) is 16.1. The molecule has 19 heteroatoms. The molecule has 1 aliphatic carbocycles. The molecule has 6 rings (SSSR count). The van der Waals surface area contributed by atoms with E-state index in [0.717, 1.165) is 37.7 Å². The summed E-state index contributed by atoms with van der Waals surface area (Å²) in [6.07, 6.45) is 8.16. The van der Waals surface area contributed by atoms with E-state index in [1.54, 1.807) is 66.9 Å². The van der Waals surface area contributed by atoms with Gasteiger partial charge in [-0.3, -0.25) is 38.5 Å². The van der Waals surface area contributed by atoms with Gasteiger partial charge in [0.05, 0.1) is 27.3 Å². The van der Waals surface area contributed by atoms with E-state index < -0.39 is 84.8 Å². The van der Waals surface area contributed by atoms with E-state index in [4.69, 9.17) is 20.9 Å². The van der Waals surface area contributed by atoms with Crippen molar-refractivity contribution in [3.8, 4) is 11.5 Å². The van der Waals surface area contributed by atoms with Crippen molar-refractivity contribution in [3.63, 3.8) is 0 Å². The van der Waals surface area contributed by atoms with Crippen molar-refractivity contribution in [2.24, 2.45) is 23.3 Å². The first-order chi connectivity index (χ1) is 35.3. The van der Waals surface area contributed by atoms with Gasteiger partial charge in [0.25, 0.3) is 0 Å². The molecule has 2 fully saturated rings. The van der Waals surface area contributed by atoms with Gasteiger partial charge in [0.2, 0.25) is 41.4 Å². The summed E-state index contributed by atoms with van der Waals surface area (Å²) in [6, 6.07) is 20.6. The van der Waals surface area contributed by atoms with Gasteiger partial charge < -0.3 is 57.7 Å². The number of nitrogens with two attached hydrogens (primary N) is 2. The van der Waals surface area contributed by atoms with Crippen LogP contribution in [0.4, 0.5) is 0 Å². The summed E-state index contributed by atoms with van der Waals surface area (Å²) in [4.78, 5) is 103. The number of nitrogens with zero attached hydrogens (tertiary/aromatic N) is 2. The maximum Gasteiger partial charge on any atom is 0.244 e. The summed E-state index contributed by atoms with van der Waals surface area (Å²) in [6.45, 7) is -0.0195. The highest BCUT2D eigenvalue weighted by molar-refractivity contribution is 5.96. The summed E-state index contributed by atoms with van der Waals surface area (Å²) in [5.41, 5.74) is 15.7. The average molecular weight is 1000 g/mol. The third-order valence-corrected chi connectivity index (χ3v) is 13.7. The van der Waals surface area contributed by atoms with Crippen molar-refractivity contribution in [2.75, 3.05) is 34.5 Å². The van der Waals surface area contributed by atoms with E-state index in [1.807, 2.05) is 48.5 Å². The molecule has 0 unspecified atom stereocenters. The maximum absolute atomic E-state index is 14.5. The molecule has 73 heavy (non-hydrogen) atoms. The number of amides is 7. The number of para-hydroxylation sites is 2. The van der Waals surface area contributed by atoms with E-state index in [-0.39, 0.29) is 37.5 Å². The molecule has 390 valence electrons. The number of benzene rings is 3. The zero-order valence-corrected chi connectivity index (χ0v) is 41.8. The number of aromatic nitrogens is 1. The van der Waals surface area contributed by atoms with Gasteiger partial charge in [-0.25, -0.2) is 0 Å². The molecular weight excluding hydrogens is 933 g/mol. The summed E-state index contributed by atoms with van der Waals surface area (Å²) in [7, 11) is 4.44. The van der Waals surface area contributed by atoms with Crippen LogP contribution >= 0.6 is 0 Å². The van der Waals surface area contributed by atoms with Gasteiger partial charge in [-0.1, -0.05) is 98.8 Å². The minimum atomic E-state index is -1.48. The van der Waals surface area contributed by atoms with Crippen LogP contribution in [0.3, 0.4) is 0 Å². The number of rotatable bonds is 24. The standard InChI is InChI=1S/C54H70N10O9/c1-57-51(68)42(27-35-22-24-58-25-23-35)62-53(70)44(61-49(66)29-40(55)38-18-10-12-20-46(38)72-2)31-48(65)59-33-60-52(69)43(26-34-14-6-4-7-15-34)63-54(71)45-28-37(36-16-8-5-9-17-36)32-64(45)50(67)30-41(56)39-19-11-13-21-47(39)73-3/h4,6-7,10-15,18-25,36-37,40-45H,5,8-9,16-17,26-33,55-56H2,1-3H3,(H,57,68)(H,59,65)(H,60,69)(H,61,66)(H,62,70)(H,63,71)/t37-,40+,41+,42+,43+,44+,45+/m1/s1. The van der Waals surface area contributed by atoms with Crippen LogP contribution in [0.5, 0.6) is 11.5 Å². The normalized spacial score (nSPS) is 17.6. The molecule has 1 aromatic heterocycles. The molecular formula is C54H70N10O9. The number of methoxy groups -OCH3 is 2. The molecule has 0 radical (unpaired) electrons. The van der Waals surface area contributed by atoms with Gasteiger partial charge in [0.1, 0.15) is 35.7 Å². The number of carbonyl (C=O) groups excluding carboxylic acids is 7. The van der Waals surface area contributed by atoms with E-state index in [1.165, 1.54) is 14.2 Å². The Labute approximate surface area is 426 Å². The van der Waals surface area contributed by atoms with Crippen LogP contribution in [-0.4, -0.2) is 110 Å². The van der Waals surface area contributed by atoms with Gasteiger partial charge in [0.15, 0.2) is 0 Å². The molecule has 10 N–H and O–H groups in total. The fourth-order valence-corrected chi connectivity index (χ4v) is 9.82. The lowest BCUT2D eigenvalue weighted by molar-refractivity contribution is -0.139. The van der Waals surface area contributed by atoms with Crippen molar-refractivity contribution in [1.29, 1.82) is 0 Å². The van der Waals surface area contributed by atoms with E-state index in [9.17, 15) is 33.6 Å². The molecule has 7 amide bonds. The van der Waals surface area contributed by atoms with Crippen LogP contribution in [0.2, 0.25) is 0 Å². The van der Waals surface area contributed by atoms with Gasteiger partial charge in [0, 0.05) is 74.9 Å². The predicted octanol–water partition coefficient (Wildman–Crippen LogP) is 2.64. The number of pyridine rings is 1. The molecule has 1 saturated carbocycles. The second-order valence-corrected chi connectivity index (χ2v) is 18.7. The van der Waals surface area contributed by atoms with Crippen LogP contribution < -0.4 is 52.8 Å². The third kappa shape index (κ3) is 15.8. The predicted molar refractivity (Wildman–Crippen MR) is 273 cm³/mol. The highest BCUT2D eigenvalue weighted by Crippen LogP contribution is 2.38. The number of hydrogen-bond donors (Lipinski definition) is 8. The van der Waals surface area contributed by atoms with Crippen LogP contribution in [0.1, 0.15) is 92.1 Å². The Morgan fingerprint density at radius 2 is 1.19 bits per heavy atom. The van der Waals surface area contributed by atoms with Crippen LogP contribution in [-0.2, 0) is 46.4 Å². The summed E-state index contributed by atoms with van der Waals surface area (Å²) >= 11 is 0. The number of carbonyl (C=O) groups is 7. The lowest BCUT2D eigenvalue weighted by Gasteiger charge is -2.28. The summed E-state index contributed by atoms with van der Waals surface area (Å²) < 4.78 is 10.9. The Morgan fingerprint density at radius 1 is 0.616 bits per heavy atom. The maximum atomic E-state index is 14.5. The molecule has 0 bridgehead atoms. The van der Waals surface area contributed by atoms with E-state index in [2.05, 4.69) is 36.9 Å². The lowest BCUT2D eigenvalue weighted by atomic mass is 9.79. The van der Waals surface area contributed by atoms with Crippen molar-refractivity contribution in [3.05, 3.63) is 126 Å². The topological polar surface area (TPSA) is 278 Å². The van der Waals surface area contributed by atoms with Gasteiger partial charge >= 0.3 is 0 Å². The van der Waals surface area contributed by atoms with Crippen molar-refractivity contribution in [1.82, 2.24) is 41.8 Å². The van der Waals surface area contributed by atoms with E-state index in [0.29, 0.717) is 47.1 Å². The van der Waals surface area contributed by atoms with Crippen LogP contribution in [0.25, 0.3) is 0 Å². The van der Waals surface area contributed by atoms with E-state index >= 15 is 0 Å². The Balaban J connectivity index is 1.14. The first-order valence-corrected chi connectivity index (χ1v) is 24.9. The zero-order chi connectivity index (χ0) is 52.3. The summed E-state index contributed by atoms with van der Waals surface area (Å²) in [5.74, 6) is -2.61. The second kappa shape index (κ2) is 27.4. The van der Waals surface area contributed by atoms with Crippen LogP contribution in [0, 0.1) is 11.8 Å². The lowest BCUT2D eigenvalue weighted by Crippen LogP contribution is -2.56. The number of ether oxygens (including phenoxy) is 2. The van der Waals surface area contributed by atoms with Crippen molar-refractivity contribution in [2.45, 2.75) is 107 Å². The number of likely N-dealkylation sites (tertiary alicyclic amines) is 1. The smallest absolute Gasteiger partial charge is 0.244 e. The Kier molecular flexibility index (Phi) is 20.7. The fourth-order valence-electron chi connectivity index (χ4n) is 9.82. The minimum absolute atomic E-state index is 0.0575. The molecule has 19 nitrogen and oxygen atoms in total. The number of likely N-dealkylation sites (N-methyl/N-ethyl adjacent to an activating group) is 1. The quantitative estimate of drug-likeness (QED) is 0.0471. The van der Waals surface area contributed by atoms with Gasteiger partial charge in [-0.15, -0.1) is 0 Å². The van der Waals surface area contributed by atoms with Crippen molar-refractivity contribution >= 4 is 41.4 Å². The Morgan fingerprint density at radius 3 is 1.81 bits per heavy atom. The Hall–Kier alpha value is -7.38. The Bertz CT molecular complexity index is 2490. The number of nitrogens with one attached hydrogen (secondary N) is 6. The average Bonchev–Trinajstić information content (AvgIpc) is 3.87. The molecule has 2 heterocycles. The molecule has 0 spiro atoms. The largest absolute Gasteiger partial charge is 0.496 e. The third-order valence-electron chi connectivity index (χ3n) is 13.7. The second-order valence-electron chi connectivity index (χ2n) is 18.7. The molecule has 2 aliphatic rings. The first kappa shape index (κ1) is 54.9. The molecule has 4 aromatic rings. The SMILES string of the molecule is CNC(=O)[C@H](Cc1ccncc1)NC(=O)[C@H](CC(=O)NCNC(=O)[C@H](Cc1ccccc1)NC(=O)[C@@H]1C[C@@H](C2CCCCC2)CN1C(=O)C[C@H](N)c1ccccc1OC)NC(=O)C[C@H](N)c1ccccc1OC. The fraction of sp³-hybridized carbons (Fsp3) is 0.444. The molecule has 1 aliphatic heterocycles. The van der Waals surface area contributed by atoms with Crippen LogP contribution in [0.15, 0.2) is 103 Å². The molecule has 1 saturated heterocycles. The highest BCUT2D eigenvalue weighted by atomic mass is 16.5.